The van der Waals surface area contributed by atoms with Crippen LogP contribution >= 0.6 is 7.26 Å². The second-order valence-electron chi connectivity index (χ2n) is 10.5. The van der Waals surface area contributed by atoms with Crippen molar-refractivity contribution in [2.45, 2.75) is 19.8 Å². The van der Waals surface area contributed by atoms with Crippen LogP contribution in [-0.4, -0.2) is 36.7 Å². The molecule has 4 aromatic carbocycles. The number of benzene rings is 4. The molecule has 0 aromatic heterocycles. The van der Waals surface area contributed by atoms with Crippen molar-refractivity contribution >= 4 is 40.8 Å². The third-order valence-corrected chi connectivity index (χ3v) is 12.3. The first-order valence-corrected chi connectivity index (χ1v) is 16.5. The number of allylic oxidation sites excluding steroid dienone is 2. The van der Waals surface area contributed by atoms with Gasteiger partial charge >= 0.3 is 11.9 Å². The van der Waals surface area contributed by atoms with Gasteiger partial charge in [-0.3, -0.25) is 10.1 Å². The van der Waals surface area contributed by atoms with Crippen LogP contribution in [0.5, 0.6) is 0 Å². The Morgan fingerprint density at radius 1 is 0.804 bits per heavy atom. The van der Waals surface area contributed by atoms with Gasteiger partial charge in [0, 0.05) is 17.8 Å². The first-order valence-electron chi connectivity index (χ1n) is 14.6. The van der Waals surface area contributed by atoms with E-state index in [2.05, 4.69) is 41.7 Å². The molecule has 0 fully saturated rings. The van der Waals surface area contributed by atoms with Crippen LogP contribution < -0.4 is 33.6 Å². The summed E-state index contributed by atoms with van der Waals surface area (Å²) < 4.78 is 10.8. The van der Waals surface area contributed by atoms with Gasteiger partial charge in [-0.25, -0.2) is 9.59 Å². The Balaban J connectivity index is 0.00000480. The van der Waals surface area contributed by atoms with Crippen LogP contribution in [0.1, 0.15) is 25.3 Å². The van der Waals surface area contributed by atoms with Gasteiger partial charge in [-0.1, -0.05) is 66.7 Å². The van der Waals surface area contributed by atoms with Crippen LogP contribution in [0.4, 0.5) is 5.69 Å². The Kier molecular flexibility index (Phi) is 11.1. The standard InChI is InChI=1S/C36H33N2O6P.ClH/c1-4-44-36(40)34-31(37-25(2)32(35(39)43-3)33(34)26-15-14-16-27(23-26)38(41)42)24-45(28-17-8-5-9-18-28,29-19-10-6-11-20-29)30-21-12-7-13-22-30;/h5-23,33H,4,24H2,1-3H3;1H. The maximum atomic E-state index is 14.1. The van der Waals surface area contributed by atoms with Gasteiger partial charge in [-0.2, -0.15) is 0 Å². The lowest BCUT2D eigenvalue weighted by Gasteiger charge is -2.34. The third kappa shape index (κ3) is 6.59. The molecule has 1 heterocycles. The number of dihydropyridines is 1. The van der Waals surface area contributed by atoms with E-state index in [4.69, 9.17) is 9.47 Å². The number of hydrogen-bond donors (Lipinski definition) is 1. The fourth-order valence-electron chi connectivity index (χ4n) is 6.01. The zero-order valence-electron chi connectivity index (χ0n) is 25.7. The average Bonchev–Trinajstić information content (AvgIpc) is 3.07. The summed E-state index contributed by atoms with van der Waals surface area (Å²) >= 11 is 0. The molecule has 1 aliphatic heterocycles. The van der Waals surface area contributed by atoms with Crippen LogP contribution in [0.15, 0.2) is 138 Å². The van der Waals surface area contributed by atoms with E-state index < -0.39 is 30.0 Å². The van der Waals surface area contributed by atoms with Gasteiger partial charge in [0.2, 0.25) is 0 Å². The maximum absolute atomic E-state index is 14.1. The lowest BCUT2D eigenvalue weighted by atomic mass is 9.80. The number of rotatable bonds is 10. The van der Waals surface area contributed by atoms with E-state index in [1.165, 1.54) is 19.2 Å². The van der Waals surface area contributed by atoms with Gasteiger partial charge in [-0.05, 0) is 55.8 Å². The van der Waals surface area contributed by atoms with Gasteiger partial charge in [-0.15, -0.1) is 0 Å². The molecule has 0 amide bonds. The number of nitrogens with zero attached hydrogens (tertiary/aromatic N) is 1. The van der Waals surface area contributed by atoms with E-state index in [1.807, 2.05) is 54.6 Å². The first kappa shape index (κ1) is 34.1. The molecule has 4 aromatic rings. The number of nitro benzene ring substituents is 1. The van der Waals surface area contributed by atoms with E-state index in [-0.39, 0.29) is 35.8 Å². The Labute approximate surface area is 275 Å². The van der Waals surface area contributed by atoms with Gasteiger partial charge in [0.15, 0.2) is 0 Å². The number of methoxy groups -OCH3 is 1. The monoisotopic (exact) mass is 656 g/mol. The van der Waals surface area contributed by atoms with Gasteiger partial charge < -0.3 is 27.2 Å². The van der Waals surface area contributed by atoms with Crippen molar-refractivity contribution < 1.29 is 36.4 Å². The average molecular weight is 657 g/mol. The minimum atomic E-state index is -2.51. The van der Waals surface area contributed by atoms with Crippen LogP contribution in [0.25, 0.3) is 0 Å². The predicted molar refractivity (Wildman–Crippen MR) is 177 cm³/mol. The first-order chi connectivity index (χ1) is 21.8. The minimum absolute atomic E-state index is 0. The molecular weight excluding hydrogens is 623 g/mol. The van der Waals surface area contributed by atoms with Crippen LogP contribution in [-0.2, 0) is 19.1 Å². The predicted octanol–water partition coefficient (Wildman–Crippen LogP) is 2.54. The fraction of sp³-hybridized carbons (Fsp3) is 0.167. The molecule has 236 valence electrons. The molecule has 1 aliphatic rings. The molecule has 0 spiro atoms. The molecule has 10 heteroatoms. The van der Waals surface area contributed by atoms with E-state index in [0.29, 0.717) is 23.1 Å². The van der Waals surface area contributed by atoms with Crippen molar-refractivity contribution in [2.75, 3.05) is 19.9 Å². The molecule has 5 rings (SSSR count). The normalized spacial score (nSPS) is 14.5. The summed E-state index contributed by atoms with van der Waals surface area (Å²) in [4.78, 5) is 38.7. The fourth-order valence-corrected chi connectivity index (χ4v) is 10.2. The number of halogens is 1. The molecule has 0 aliphatic carbocycles. The number of esters is 2. The Hall–Kier alpha value is -4.78. The zero-order valence-corrected chi connectivity index (χ0v) is 27.3. The topological polar surface area (TPSA) is 108 Å². The van der Waals surface area contributed by atoms with Crippen molar-refractivity contribution in [3.8, 4) is 0 Å². The van der Waals surface area contributed by atoms with Crippen molar-refractivity contribution in [3.05, 3.63) is 153 Å². The molecular formula is C36H34ClN2O6P. The highest BCUT2D eigenvalue weighted by molar-refractivity contribution is 7.95. The number of carbonyl (C=O) groups excluding carboxylic acids is 2. The smallest absolute Gasteiger partial charge is 0.336 e. The largest absolute Gasteiger partial charge is 1.00 e. The van der Waals surface area contributed by atoms with Crippen LogP contribution in [0.2, 0.25) is 0 Å². The molecule has 1 unspecified atom stereocenters. The number of non-ortho nitro benzene ring substituents is 1. The molecule has 46 heavy (non-hydrogen) atoms. The minimum Gasteiger partial charge on any atom is -1.00 e. The summed E-state index contributed by atoms with van der Waals surface area (Å²) in [5, 5.41) is 18.5. The molecule has 0 saturated heterocycles. The quantitative estimate of drug-likeness (QED) is 0.121. The second kappa shape index (κ2) is 15.0. The summed E-state index contributed by atoms with van der Waals surface area (Å²) in [6.45, 7) is 3.57. The molecule has 8 nitrogen and oxygen atoms in total. The number of ether oxygens (including phenoxy) is 2. The number of nitro groups is 1. The van der Waals surface area contributed by atoms with Crippen molar-refractivity contribution in [2.24, 2.45) is 0 Å². The maximum Gasteiger partial charge on any atom is 0.336 e. The lowest BCUT2D eigenvalue weighted by molar-refractivity contribution is -0.384. The molecule has 1 N–H and O–H groups in total. The van der Waals surface area contributed by atoms with Gasteiger partial charge in [0.1, 0.15) is 29.3 Å². The van der Waals surface area contributed by atoms with Crippen LogP contribution in [0.3, 0.4) is 0 Å². The summed E-state index contributed by atoms with van der Waals surface area (Å²) in [5.74, 6) is -2.23. The molecule has 0 bridgehead atoms. The SMILES string of the molecule is CCOC(=O)C1=C(C[P+](c2ccccc2)(c2ccccc2)c2ccccc2)NC(C)=C(C(=O)OC)C1c1cccc([N+](=O)[O-])c1.[Cl-]. The Morgan fingerprint density at radius 3 is 1.78 bits per heavy atom. The van der Waals surface area contributed by atoms with Gasteiger partial charge in [0.05, 0.1) is 41.4 Å². The summed E-state index contributed by atoms with van der Waals surface area (Å²) in [5.41, 5.74) is 1.74. The summed E-state index contributed by atoms with van der Waals surface area (Å²) in [6, 6.07) is 36.7. The van der Waals surface area contributed by atoms with E-state index in [9.17, 15) is 19.7 Å². The van der Waals surface area contributed by atoms with E-state index >= 15 is 0 Å². The Bertz CT molecular complexity index is 1680. The summed E-state index contributed by atoms with van der Waals surface area (Å²) in [6.07, 6.45) is 0.385. The number of carbonyl (C=O) groups is 2. The highest BCUT2D eigenvalue weighted by Gasteiger charge is 2.49. The number of nitrogens with one attached hydrogen (secondary N) is 1. The van der Waals surface area contributed by atoms with Gasteiger partial charge in [0.25, 0.3) is 5.69 Å². The Morgan fingerprint density at radius 2 is 1.33 bits per heavy atom. The van der Waals surface area contributed by atoms with Crippen molar-refractivity contribution in [1.29, 1.82) is 0 Å². The third-order valence-electron chi connectivity index (χ3n) is 7.95. The van der Waals surface area contributed by atoms with E-state index in [1.54, 1.807) is 26.0 Å². The lowest BCUT2D eigenvalue weighted by Crippen LogP contribution is -3.00. The summed E-state index contributed by atoms with van der Waals surface area (Å²) in [7, 11) is -1.24. The van der Waals surface area contributed by atoms with Crippen LogP contribution in [0, 0.1) is 10.1 Å². The molecule has 0 saturated carbocycles. The highest BCUT2D eigenvalue weighted by Crippen LogP contribution is 2.57. The number of hydrogen-bond acceptors (Lipinski definition) is 7. The van der Waals surface area contributed by atoms with Crippen molar-refractivity contribution in [1.82, 2.24) is 5.32 Å². The van der Waals surface area contributed by atoms with E-state index in [0.717, 1.165) is 15.9 Å². The molecule has 1 atom stereocenters. The molecule has 0 radical (unpaired) electrons. The highest BCUT2D eigenvalue weighted by atomic mass is 35.5. The zero-order chi connectivity index (χ0) is 32.0. The van der Waals surface area contributed by atoms with Crippen molar-refractivity contribution in [3.63, 3.8) is 0 Å². The second-order valence-corrected chi connectivity index (χ2v) is 14.0.